The van der Waals surface area contributed by atoms with Crippen molar-refractivity contribution < 1.29 is 14.3 Å². The fourth-order valence-corrected chi connectivity index (χ4v) is 6.35. The number of hydrogen-bond acceptors (Lipinski definition) is 8. The van der Waals surface area contributed by atoms with Crippen molar-refractivity contribution in [2.45, 2.75) is 44.3 Å². The van der Waals surface area contributed by atoms with Crippen LogP contribution in [0.2, 0.25) is 0 Å². The highest BCUT2D eigenvalue weighted by Crippen LogP contribution is 2.38. The Balaban J connectivity index is 1.47. The zero-order valence-electron chi connectivity index (χ0n) is 16.8. The number of fused-ring (bicyclic) bond motifs is 1. The Hall–Kier alpha value is -2.17. The second-order valence-electron chi connectivity index (χ2n) is 6.77. The maximum absolute atomic E-state index is 12.7. The van der Waals surface area contributed by atoms with E-state index in [4.69, 9.17) is 4.74 Å². The number of methoxy groups -OCH3 is 1. The highest BCUT2D eigenvalue weighted by Gasteiger charge is 2.27. The minimum atomic E-state index is -0.385. The predicted octanol–water partition coefficient (Wildman–Crippen LogP) is 4.48. The third-order valence-electron chi connectivity index (χ3n) is 4.92. The molecule has 0 fully saturated rings. The summed E-state index contributed by atoms with van der Waals surface area (Å²) < 4.78 is 6.98. The van der Waals surface area contributed by atoms with Gasteiger partial charge in [-0.05, 0) is 49.6 Å². The molecule has 3 heterocycles. The number of anilines is 1. The summed E-state index contributed by atoms with van der Waals surface area (Å²) in [4.78, 5) is 27.2. The molecule has 1 aliphatic carbocycles. The van der Waals surface area contributed by atoms with Crippen LogP contribution < -0.4 is 5.32 Å². The Morgan fingerprint density at radius 2 is 2.13 bits per heavy atom. The van der Waals surface area contributed by atoms with Gasteiger partial charge in [-0.3, -0.25) is 4.79 Å². The van der Waals surface area contributed by atoms with Crippen molar-refractivity contribution in [1.29, 1.82) is 0 Å². The molecule has 30 heavy (non-hydrogen) atoms. The molecule has 0 aromatic carbocycles. The number of carbonyl (C=O) groups is 2. The van der Waals surface area contributed by atoms with Crippen LogP contribution in [-0.4, -0.2) is 39.5 Å². The second-order valence-corrected chi connectivity index (χ2v) is 9.77. The Bertz CT molecular complexity index is 1060. The van der Waals surface area contributed by atoms with Crippen molar-refractivity contribution in [2.24, 2.45) is 0 Å². The van der Waals surface area contributed by atoms with E-state index in [2.05, 4.69) is 15.5 Å². The number of aromatic nitrogens is 3. The number of esters is 1. The smallest absolute Gasteiger partial charge is 0.341 e. The van der Waals surface area contributed by atoms with Crippen molar-refractivity contribution in [1.82, 2.24) is 14.8 Å². The summed E-state index contributed by atoms with van der Waals surface area (Å²) in [6.45, 7) is 2.75. The summed E-state index contributed by atoms with van der Waals surface area (Å²) in [6, 6.07) is 3.99. The Morgan fingerprint density at radius 3 is 2.87 bits per heavy atom. The van der Waals surface area contributed by atoms with Crippen molar-refractivity contribution in [3.63, 3.8) is 0 Å². The van der Waals surface area contributed by atoms with Gasteiger partial charge in [0, 0.05) is 11.4 Å². The number of ether oxygens (including phenoxy) is 1. The molecule has 10 heteroatoms. The van der Waals surface area contributed by atoms with Gasteiger partial charge in [-0.2, -0.15) is 0 Å². The van der Waals surface area contributed by atoms with Crippen LogP contribution in [-0.2, 0) is 28.9 Å². The summed E-state index contributed by atoms with van der Waals surface area (Å²) in [5.74, 6) is 0.441. The molecule has 0 saturated carbocycles. The number of thioether (sulfide) groups is 1. The number of carbonyl (C=O) groups excluding carboxylic acids is 2. The van der Waals surface area contributed by atoms with Crippen molar-refractivity contribution in [2.75, 3.05) is 18.2 Å². The molecule has 1 aliphatic rings. The molecule has 0 unspecified atom stereocenters. The zero-order chi connectivity index (χ0) is 21.1. The number of nitrogens with one attached hydrogen (secondary N) is 1. The van der Waals surface area contributed by atoms with Crippen LogP contribution in [0.15, 0.2) is 22.7 Å². The minimum absolute atomic E-state index is 0.174. The summed E-state index contributed by atoms with van der Waals surface area (Å²) in [6.07, 6.45) is 3.96. The number of amides is 1. The van der Waals surface area contributed by atoms with E-state index in [0.717, 1.165) is 41.9 Å². The monoisotopic (exact) mass is 462 g/mol. The van der Waals surface area contributed by atoms with Crippen LogP contribution >= 0.6 is 34.4 Å². The third-order valence-corrected chi connectivity index (χ3v) is 7.96. The summed E-state index contributed by atoms with van der Waals surface area (Å²) >= 11 is 4.44. The highest BCUT2D eigenvalue weighted by molar-refractivity contribution is 7.99. The Morgan fingerprint density at radius 1 is 1.30 bits per heavy atom. The average Bonchev–Trinajstić information content (AvgIpc) is 3.48. The van der Waals surface area contributed by atoms with E-state index in [9.17, 15) is 9.59 Å². The molecule has 3 aromatic heterocycles. The van der Waals surface area contributed by atoms with Crippen LogP contribution in [0.3, 0.4) is 0 Å². The Kier molecular flexibility index (Phi) is 6.55. The van der Waals surface area contributed by atoms with Crippen molar-refractivity contribution >= 4 is 51.3 Å². The third kappa shape index (κ3) is 4.17. The van der Waals surface area contributed by atoms with E-state index in [1.807, 2.05) is 29.0 Å². The van der Waals surface area contributed by atoms with Crippen LogP contribution in [0.1, 0.15) is 40.6 Å². The topological polar surface area (TPSA) is 86.1 Å². The number of thiophene rings is 2. The van der Waals surface area contributed by atoms with Gasteiger partial charge in [0.1, 0.15) is 5.00 Å². The molecule has 1 N–H and O–H groups in total. The molecule has 1 amide bonds. The largest absolute Gasteiger partial charge is 0.465 e. The van der Waals surface area contributed by atoms with Gasteiger partial charge in [0.15, 0.2) is 11.0 Å². The Labute approximate surface area is 186 Å². The molecule has 0 saturated heterocycles. The number of rotatable bonds is 7. The molecule has 7 nitrogen and oxygen atoms in total. The first-order valence-electron chi connectivity index (χ1n) is 9.75. The molecule has 0 radical (unpaired) electrons. The highest BCUT2D eigenvalue weighted by atomic mass is 32.2. The van der Waals surface area contributed by atoms with Gasteiger partial charge in [0.05, 0.1) is 23.3 Å². The summed E-state index contributed by atoms with van der Waals surface area (Å²) in [5.41, 5.74) is 1.56. The molecule has 0 aliphatic heterocycles. The first-order chi connectivity index (χ1) is 14.6. The molecule has 0 bridgehead atoms. The number of nitrogens with zero attached hydrogens (tertiary/aromatic N) is 3. The first-order valence-corrected chi connectivity index (χ1v) is 12.4. The van der Waals surface area contributed by atoms with Gasteiger partial charge in [-0.25, -0.2) is 4.79 Å². The van der Waals surface area contributed by atoms with Gasteiger partial charge in [-0.15, -0.1) is 32.9 Å². The molecule has 3 aromatic rings. The summed E-state index contributed by atoms with van der Waals surface area (Å²) in [5, 5.41) is 14.8. The number of aryl methyl sites for hydroxylation is 1. The molecule has 4 rings (SSSR count). The SMILES string of the molecule is CCn1c(SCC(=O)Nc2sc3c(c2C(=O)OC)CCCC3)nnc1-c1cccs1. The van der Waals surface area contributed by atoms with Crippen molar-refractivity contribution in [3.8, 4) is 10.7 Å². The fraction of sp³-hybridized carbons (Fsp3) is 0.400. The van der Waals surface area contributed by atoms with Gasteiger partial charge in [0.2, 0.25) is 5.91 Å². The fourth-order valence-electron chi connectivity index (χ4n) is 3.53. The lowest BCUT2D eigenvalue weighted by molar-refractivity contribution is -0.113. The second kappa shape index (κ2) is 9.32. The minimum Gasteiger partial charge on any atom is -0.465 e. The van der Waals surface area contributed by atoms with Crippen LogP contribution in [0.25, 0.3) is 10.7 Å². The maximum Gasteiger partial charge on any atom is 0.341 e. The standard InChI is InChI=1S/C20H22N4O3S3/c1-3-24-17(14-9-6-10-28-14)22-23-20(24)29-11-15(25)21-18-16(19(26)27-2)12-7-4-5-8-13(12)30-18/h6,9-10H,3-5,7-8,11H2,1-2H3,(H,21,25). The number of hydrogen-bond donors (Lipinski definition) is 1. The van der Waals surface area contributed by atoms with Gasteiger partial charge < -0.3 is 14.6 Å². The summed E-state index contributed by atoms with van der Waals surface area (Å²) in [7, 11) is 1.37. The lowest BCUT2D eigenvalue weighted by atomic mass is 9.95. The average molecular weight is 463 g/mol. The molecule has 158 valence electrons. The van der Waals surface area contributed by atoms with E-state index >= 15 is 0 Å². The van der Waals surface area contributed by atoms with E-state index < -0.39 is 0 Å². The van der Waals surface area contributed by atoms with Gasteiger partial charge in [0.25, 0.3) is 0 Å². The first kappa shape index (κ1) is 21.1. The van der Waals surface area contributed by atoms with Crippen LogP contribution in [0, 0.1) is 0 Å². The van der Waals surface area contributed by atoms with Gasteiger partial charge in [-0.1, -0.05) is 17.8 Å². The zero-order valence-corrected chi connectivity index (χ0v) is 19.2. The molecular weight excluding hydrogens is 440 g/mol. The molecule has 0 spiro atoms. The molecular formula is C20H22N4O3S3. The van der Waals surface area contributed by atoms with E-state index in [-0.39, 0.29) is 17.6 Å². The van der Waals surface area contributed by atoms with E-state index in [1.54, 1.807) is 11.3 Å². The maximum atomic E-state index is 12.7. The van der Waals surface area contributed by atoms with E-state index in [1.165, 1.54) is 35.1 Å². The lowest BCUT2D eigenvalue weighted by Gasteiger charge is -2.11. The normalized spacial score (nSPS) is 13.1. The molecule has 0 atom stereocenters. The lowest BCUT2D eigenvalue weighted by Crippen LogP contribution is -2.17. The van der Waals surface area contributed by atoms with Crippen LogP contribution in [0.5, 0.6) is 0 Å². The van der Waals surface area contributed by atoms with Crippen LogP contribution in [0.4, 0.5) is 5.00 Å². The van der Waals surface area contributed by atoms with Gasteiger partial charge >= 0.3 is 5.97 Å². The van der Waals surface area contributed by atoms with Crippen molar-refractivity contribution in [3.05, 3.63) is 33.5 Å². The van der Waals surface area contributed by atoms with E-state index in [0.29, 0.717) is 22.3 Å². The predicted molar refractivity (Wildman–Crippen MR) is 121 cm³/mol. The quantitative estimate of drug-likeness (QED) is 0.411.